The Morgan fingerprint density at radius 1 is 1.47 bits per heavy atom. The van der Waals surface area contributed by atoms with Crippen LogP contribution in [0.15, 0.2) is 5.38 Å². The van der Waals surface area contributed by atoms with Gasteiger partial charge in [-0.25, -0.2) is 4.98 Å². The van der Waals surface area contributed by atoms with Gasteiger partial charge in [0.25, 0.3) is 0 Å². The van der Waals surface area contributed by atoms with E-state index in [0.717, 1.165) is 30.9 Å². The summed E-state index contributed by atoms with van der Waals surface area (Å²) in [6.45, 7) is 10.2. The van der Waals surface area contributed by atoms with Crippen LogP contribution in [0.1, 0.15) is 51.2 Å². The van der Waals surface area contributed by atoms with Crippen molar-refractivity contribution in [3.05, 3.63) is 16.1 Å². The third-order valence-electron chi connectivity index (χ3n) is 2.57. The average molecular weight is 256 g/mol. The zero-order chi connectivity index (χ0) is 12.9. The van der Waals surface area contributed by atoms with Gasteiger partial charge in [-0.05, 0) is 26.3 Å². The Labute approximate surface area is 108 Å². The minimum Gasteiger partial charge on any atom is -0.393 e. The van der Waals surface area contributed by atoms with Crippen molar-refractivity contribution in [1.29, 1.82) is 0 Å². The van der Waals surface area contributed by atoms with Gasteiger partial charge in [-0.1, -0.05) is 20.8 Å². The van der Waals surface area contributed by atoms with E-state index in [1.165, 1.54) is 5.69 Å². The van der Waals surface area contributed by atoms with Crippen molar-refractivity contribution in [2.75, 3.05) is 6.54 Å². The lowest BCUT2D eigenvalue weighted by molar-refractivity contribution is 0.181. The highest BCUT2D eigenvalue weighted by molar-refractivity contribution is 7.09. The van der Waals surface area contributed by atoms with Crippen molar-refractivity contribution in [2.45, 2.75) is 58.6 Å². The fourth-order valence-electron chi connectivity index (χ4n) is 1.45. The monoisotopic (exact) mass is 256 g/mol. The number of hydrogen-bond donors (Lipinski definition) is 2. The number of aliphatic hydroxyl groups is 1. The number of thiazole rings is 1. The van der Waals surface area contributed by atoms with Crippen LogP contribution in [0, 0.1) is 0 Å². The minimum atomic E-state index is -0.191. The van der Waals surface area contributed by atoms with E-state index in [-0.39, 0.29) is 11.5 Å². The molecule has 0 aromatic carbocycles. The van der Waals surface area contributed by atoms with E-state index >= 15 is 0 Å². The fourth-order valence-corrected chi connectivity index (χ4v) is 2.44. The first-order valence-corrected chi connectivity index (χ1v) is 7.11. The summed E-state index contributed by atoms with van der Waals surface area (Å²) in [5.74, 6) is 0. The molecule has 0 amide bonds. The third-order valence-corrected chi connectivity index (χ3v) is 3.42. The van der Waals surface area contributed by atoms with Crippen LogP contribution < -0.4 is 5.32 Å². The molecule has 0 aliphatic heterocycles. The van der Waals surface area contributed by atoms with Gasteiger partial charge in [-0.2, -0.15) is 0 Å². The van der Waals surface area contributed by atoms with Crippen molar-refractivity contribution >= 4 is 11.3 Å². The van der Waals surface area contributed by atoms with Crippen LogP contribution in [0.2, 0.25) is 0 Å². The predicted octanol–water partition coefficient (Wildman–Crippen LogP) is 2.69. The Kier molecular flexibility index (Phi) is 5.56. The Balaban J connectivity index is 2.26. The minimum absolute atomic E-state index is 0.140. The predicted molar refractivity (Wildman–Crippen MR) is 73.4 cm³/mol. The molecule has 0 saturated carbocycles. The van der Waals surface area contributed by atoms with Gasteiger partial charge >= 0.3 is 0 Å². The third kappa shape index (κ3) is 5.61. The number of nitrogens with one attached hydrogen (secondary N) is 1. The Morgan fingerprint density at radius 3 is 2.71 bits per heavy atom. The SMILES string of the molecule is CC(O)CCCNCc1nc(C(C)(C)C)cs1. The molecule has 1 heterocycles. The normalized spacial score (nSPS) is 13.9. The van der Waals surface area contributed by atoms with Gasteiger partial charge in [0.15, 0.2) is 0 Å². The molecule has 1 aromatic rings. The molecular formula is C13H24N2OS. The van der Waals surface area contributed by atoms with Crippen LogP contribution in [0.25, 0.3) is 0 Å². The van der Waals surface area contributed by atoms with Crippen molar-refractivity contribution in [2.24, 2.45) is 0 Å². The molecule has 0 aliphatic carbocycles. The van der Waals surface area contributed by atoms with Crippen molar-refractivity contribution < 1.29 is 5.11 Å². The summed E-state index contributed by atoms with van der Waals surface area (Å²) in [7, 11) is 0. The number of rotatable bonds is 6. The van der Waals surface area contributed by atoms with Crippen LogP contribution in [-0.4, -0.2) is 22.7 Å². The van der Waals surface area contributed by atoms with Crippen LogP contribution >= 0.6 is 11.3 Å². The summed E-state index contributed by atoms with van der Waals surface area (Å²) in [5, 5.41) is 15.8. The van der Waals surface area contributed by atoms with Crippen molar-refractivity contribution in [1.82, 2.24) is 10.3 Å². The molecule has 0 radical (unpaired) electrons. The molecule has 0 bridgehead atoms. The summed E-state index contributed by atoms with van der Waals surface area (Å²) >= 11 is 1.72. The molecule has 1 unspecified atom stereocenters. The highest BCUT2D eigenvalue weighted by Gasteiger charge is 2.16. The Bertz CT molecular complexity index is 328. The lowest BCUT2D eigenvalue weighted by Crippen LogP contribution is -2.17. The van der Waals surface area contributed by atoms with Crippen LogP contribution in [0.4, 0.5) is 0 Å². The first kappa shape index (κ1) is 14.6. The zero-order valence-electron chi connectivity index (χ0n) is 11.3. The van der Waals surface area contributed by atoms with E-state index < -0.39 is 0 Å². The Morgan fingerprint density at radius 2 is 2.18 bits per heavy atom. The van der Waals surface area contributed by atoms with Crippen LogP contribution in [0.3, 0.4) is 0 Å². The molecule has 0 fully saturated rings. The topological polar surface area (TPSA) is 45.1 Å². The van der Waals surface area contributed by atoms with Gasteiger partial charge in [-0.3, -0.25) is 0 Å². The zero-order valence-corrected chi connectivity index (χ0v) is 12.1. The number of aliphatic hydroxyl groups excluding tert-OH is 1. The lowest BCUT2D eigenvalue weighted by atomic mass is 9.93. The van der Waals surface area contributed by atoms with Gasteiger partial charge in [0.1, 0.15) is 5.01 Å². The molecule has 4 heteroatoms. The average Bonchev–Trinajstić information content (AvgIpc) is 2.64. The summed E-state index contributed by atoms with van der Waals surface area (Å²) in [5.41, 5.74) is 1.31. The summed E-state index contributed by atoms with van der Waals surface area (Å²) in [6, 6.07) is 0. The number of hydrogen-bond acceptors (Lipinski definition) is 4. The number of aromatic nitrogens is 1. The smallest absolute Gasteiger partial charge is 0.107 e. The van der Waals surface area contributed by atoms with Gasteiger partial charge in [0.2, 0.25) is 0 Å². The first-order valence-electron chi connectivity index (χ1n) is 6.23. The van der Waals surface area contributed by atoms with E-state index in [2.05, 4.69) is 36.5 Å². The summed E-state index contributed by atoms with van der Waals surface area (Å²) in [4.78, 5) is 4.62. The standard InChI is InChI=1S/C13H24N2OS/c1-10(16)6-5-7-14-8-12-15-11(9-17-12)13(2,3)4/h9-10,14,16H,5-8H2,1-4H3. The maximum Gasteiger partial charge on any atom is 0.107 e. The summed E-state index contributed by atoms with van der Waals surface area (Å²) < 4.78 is 0. The molecule has 98 valence electrons. The van der Waals surface area contributed by atoms with Gasteiger partial charge in [-0.15, -0.1) is 11.3 Å². The molecule has 17 heavy (non-hydrogen) atoms. The molecule has 2 N–H and O–H groups in total. The Hall–Kier alpha value is -0.450. The maximum absolute atomic E-state index is 9.12. The molecule has 1 atom stereocenters. The second-order valence-electron chi connectivity index (χ2n) is 5.54. The molecule has 0 spiro atoms. The van der Waals surface area contributed by atoms with Gasteiger partial charge in [0, 0.05) is 17.3 Å². The van der Waals surface area contributed by atoms with Crippen molar-refractivity contribution in [3.63, 3.8) is 0 Å². The molecule has 1 rings (SSSR count). The highest BCUT2D eigenvalue weighted by atomic mass is 32.1. The van der Waals surface area contributed by atoms with Gasteiger partial charge < -0.3 is 10.4 Å². The van der Waals surface area contributed by atoms with E-state index in [1.54, 1.807) is 11.3 Å². The highest BCUT2D eigenvalue weighted by Crippen LogP contribution is 2.23. The molecule has 3 nitrogen and oxygen atoms in total. The summed E-state index contributed by atoms with van der Waals surface area (Å²) in [6.07, 6.45) is 1.68. The van der Waals surface area contributed by atoms with E-state index in [4.69, 9.17) is 5.11 Å². The van der Waals surface area contributed by atoms with Crippen LogP contribution in [-0.2, 0) is 12.0 Å². The lowest BCUT2D eigenvalue weighted by Gasteiger charge is -2.14. The van der Waals surface area contributed by atoms with E-state index in [0.29, 0.717) is 0 Å². The fraction of sp³-hybridized carbons (Fsp3) is 0.769. The molecular weight excluding hydrogens is 232 g/mol. The first-order chi connectivity index (χ1) is 7.89. The largest absolute Gasteiger partial charge is 0.393 e. The van der Waals surface area contributed by atoms with Gasteiger partial charge in [0.05, 0.1) is 11.8 Å². The van der Waals surface area contributed by atoms with Crippen LogP contribution in [0.5, 0.6) is 0 Å². The molecule has 0 aliphatic rings. The number of nitrogens with zero attached hydrogens (tertiary/aromatic N) is 1. The van der Waals surface area contributed by atoms with E-state index in [9.17, 15) is 0 Å². The second-order valence-corrected chi connectivity index (χ2v) is 6.49. The second kappa shape index (κ2) is 6.47. The van der Waals surface area contributed by atoms with E-state index in [1.807, 2.05) is 6.92 Å². The molecule has 0 saturated heterocycles. The molecule has 1 aromatic heterocycles. The quantitative estimate of drug-likeness (QED) is 0.769. The van der Waals surface area contributed by atoms with Crippen molar-refractivity contribution in [3.8, 4) is 0 Å². The maximum atomic E-state index is 9.12.